The lowest BCUT2D eigenvalue weighted by molar-refractivity contribution is -0.116. The molecule has 5 nitrogen and oxygen atoms in total. The van der Waals surface area contributed by atoms with Crippen LogP contribution in [0.4, 0.5) is 16.2 Å². The Bertz CT molecular complexity index is 594. The molecule has 1 saturated heterocycles. The topological polar surface area (TPSA) is 67.4 Å². The molecule has 0 bridgehead atoms. The molecule has 2 amide bonds. The number of amides is 2. The van der Waals surface area contributed by atoms with E-state index in [2.05, 4.69) is 10.6 Å². The quantitative estimate of drug-likeness (QED) is 0.458. The molecule has 1 heterocycles. The van der Waals surface area contributed by atoms with Gasteiger partial charge < -0.3 is 10.1 Å². The molecule has 0 unspecified atom stereocenters. The third kappa shape index (κ3) is 8.36. The molecule has 1 aromatic rings. The second kappa shape index (κ2) is 10.1. The fraction of sp³-hybridized carbons (Fsp3) is 0.579. The van der Waals surface area contributed by atoms with E-state index in [0.29, 0.717) is 12.1 Å². The van der Waals surface area contributed by atoms with Gasteiger partial charge in [-0.15, -0.1) is 0 Å². The van der Waals surface area contributed by atoms with Crippen LogP contribution < -0.4 is 10.6 Å². The van der Waals surface area contributed by atoms with Gasteiger partial charge in [0.1, 0.15) is 5.60 Å². The fourth-order valence-corrected chi connectivity index (χ4v) is 5.53. The molecule has 0 aromatic heterocycles. The van der Waals surface area contributed by atoms with E-state index in [9.17, 15) is 9.59 Å². The summed E-state index contributed by atoms with van der Waals surface area (Å²) in [7, 11) is 3.95. The van der Waals surface area contributed by atoms with E-state index in [4.69, 9.17) is 4.74 Å². The number of anilines is 2. The molecule has 2 rings (SSSR count). The highest BCUT2D eigenvalue weighted by Crippen LogP contribution is 2.39. The van der Waals surface area contributed by atoms with Gasteiger partial charge in [0, 0.05) is 28.8 Å². The number of hydrogen-bond acceptors (Lipinski definition) is 5. The first-order valence-electron chi connectivity index (χ1n) is 9.00. The van der Waals surface area contributed by atoms with Gasteiger partial charge in [0.05, 0.1) is 0 Å². The highest BCUT2D eigenvalue weighted by molar-refractivity contribution is 8.77. The van der Waals surface area contributed by atoms with Crippen molar-refractivity contribution in [2.75, 3.05) is 16.4 Å². The Morgan fingerprint density at radius 1 is 1.12 bits per heavy atom. The molecule has 2 N–H and O–H groups in total. The van der Waals surface area contributed by atoms with Crippen molar-refractivity contribution in [2.45, 2.75) is 63.7 Å². The molecule has 1 aliphatic rings. The number of nitrogens with one attached hydrogen (secondary N) is 2. The molecule has 7 heteroatoms. The van der Waals surface area contributed by atoms with Crippen LogP contribution in [-0.2, 0) is 9.53 Å². The fourth-order valence-electron chi connectivity index (χ4n) is 2.50. The lowest BCUT2D eigenvalue weighted by Gasteiger charge is -2.19. The molecule has 1 aliphatic heterocycles. The molecule has 0 saturated carbocycles. The normalized spacial score (nSPS) is 17.0. The van der Waals surface area contributed by atoms with Gasteiger partial charge in [0.25, 0.3) is 0 Å². The Hall–Kier alpha value is -1.34. The summed E-state index contributed by atoms with van der Waals surface area (Å²) >= 11 is 0. The first-order valence-corrected chi connectivity index (χ1v) is 11.4. The molecule has 144 valence electrons. The van der Waals surface area contributed by atoms with Crippen LogP contribution in [0.2, 0.25) is 0 Å². The van der Waals surface area contributed by atoms with Crippen molar-refractivity contribution in [3.05, 3.63) is 24.3 Å². The number of carbonyl (C=O) groups is 2. The van der Waals surface area contributed by atoms with Crippen LogP contribution in [0.3, 0.4) is 0 Å². The Kier molecular flexibility index (Phi) is 8.15. The predicted octanol–water partition coefficient (Wildman–Crippen LogP) is 5.69. The number of unbranched alkanes of at least 4 members (excludes halogenated alkanes) is 1. The van der Waals surface area contributed by atoms with Gasteiger partial charge in [-0.2, -0.15) is 0 Å². The van der Waals surface area contributed by atoms with E-state index in [1.807, 2.05) is 42.4 Å². The highest BCUT2D eigenvalue weighted by atomic mass is 33.1. The van der Waals surface area contributed by atoms with E-state index >= 15 is 0 Å². The second-order valence-electron chi connectivity index (χ2n) is 7.33. The zero-order valence-electron chi connectivity index (χ0n) is 15.7. The Labute approximate surface area is 163 Å². The predicted molar refractivity (Wildman–Crippen MR) is 112 cm³/mol. The second-order valence-corrected chi connectivity index (χ2v) is 10.1. The molecule has 1 aromatic carbocycles. The average molecular weight is 397 g/mol. The van der Waals surface area contributed by atoms with Crippen molar-refractivity contribution in [3.8, 4) is 0 Å². The van der Waals surface area contributed by atoms with Gasteiger partial charge in [-0.3, -0.25) is 10.1 Å². The van der Waals surface area contributed by atoms with E-state index in [1.54, 1.807) is 24.3 Å². The molecule has 1 fully saturated rings. The van der Waals surface area contributed by atoms with Crippen molar-refractivity contribution in [2.24, 2.45) is 0 Å². The maximum atomic E-state index is 12.0. The van der Waals surface area contributed by atoms with Gasteiger partial charge in [0.15, 0.2) is 0 Å². The van der Waals surface area contributed by atoms with Crippen molar-refractivity contribution in [1.29, 1.82) is 0 Å². The van der Waals surface area contributed by atoms with Gasteiger partial charge in [-0.25, -0.2) is 4.79 Å². The molecular formula is C19H28N2O3S2. The van der Waals surface area contributed by atoms with Crippen molar-refractivity contribution < 1.29 is 14.3 Å². The van der Waals surface area contributed by atoms with E-state index in [0.717, 1.165) is 23.8 Å². The molecule has 0 radical (unpaired) electrons. The number of benzene rings is 1. The van der Waals surface area contributed by atoms with Crippen molar-refractivity contribution in [1.82, 2.24) is 0 Å². The number of ether oxygens (including phenoxy) is 1. The maximum Gasteiger partial charge on any atom is 0.412 e. The molecule has 26 heavy (non-hydrogen) atoms. The van der Waals surface area contributed by atoms with Crippen LogP contribution in [0.15, 0.2) is 24.3 Å². The highest BCUT2D eigenvalue weighted by Gasteiger charge is 2.17. The Balaban J connectivity index is 1.67. The molecular weight excluding hydrogens is 368 g/mol. The summed E-state index contributed by atoms with van der Waals surface area (Å²) in [6.07, 6.45) is 4.58. The van der Waals surface area contributed by atoms with Crippen LogP contribution in [0.1, 0.15) is 52.9 Å². The number of hydrogen-bond donors (Lipinski definition) is 2. The minimum atomic E-state index is -0.534. The molecule has 0 aliphatic carbocycles. The summed E-state index contributed by atoms with van der Waals surface area (Å²) in [6, 6.07) is 7.04. The van der Waals surface area contributed by atoms with Crippen LogP contribution in [-0.4, -0.2) is 28.6 Å². The number of carbonyl (C=O) groups excluding carboxylic acids is 2. The van der Waals surface area contributed by atoms with Crippen LogP contribution >= 0.6 is 21.6 Å². The minimum Gasteiger partial charge on any atom is -0.444 e. The summed E-state index contributed by atoms with van der Waals surface area (Å²) in [5, 5.41) is 6.34. The average Bonchev–Trinajstić information content (AvgIpc) is 3.05. The third-order valence-electron chi connectivity index (χ3n) is 3.72. The van der Waals surface area contributed by atoms with E-state index in [1.165, 1.54) is 18.6 Å². The van der Waals surface area contributed by atoms with Crippen molar-refractivity contribution in [3.63, 3.8) is 0 Å². The van der Waals surface area contributed by atoms with Crippen LogP contribution in [0, 0.1) is 0 Å². The summed E-state index contributed by atoms with van der Waals surface area (Å²) in [5.74, 6) is 1.29. The summed E-state index contributed by atoms with van der Waals surface area (Å²) < 4.78 is 5.21. The summed E-state index contributed by atoms with van der Waals surface area (Å²) in [6.45, 7) is 5.45. The minimum absolute atomic E-state index is 0.0336. The largest absolute Gasteiger partial charge is 0.444 e. The monoisotopic (exact) mass is 396 g/mol. The zero-order chi connectivity index (χ0) is 19.0. The standard InChI is InChI=1S/C19H28N2O3S2/c1-19(2,3)24-18(23)21-15-10-8-14(9-11-15)20-17(22)7-5-4-6-16-12-13-25-26-16/h8-11,16H,4-7,12-13H2,1-3H3,(H,20,22)(H,21,23)/t16-/m1/s1. The van der Waals surface area contributed by atoms with Crippen LogP contribution in [0.5, 0.6) is 0 Å². The molecule has 1 atom stereocenters. The summed E-state index contributed by atoms with van der Waals surface area (Å²) in [4.78, 5) is 23.7. The molecule has 0 spiro atoms. The van der Waals surface area contributed by atoms with Gasteiger partial charge in [-0.05, 0) is 64.3 Å². The lowest BCUT2D eigenvalue weighted by atomic mass is 10.1. The van der Waals surface area contributed by atoms with E-state index < -0.39 is 11.7 Å². The summed E-state index contributed by atoms with van der Waals surface area (Å²) in [5.41, 5.74) is 0.824. The third-order valence-corrected chi connectivity index (χ3v) is 6.73. The smallest absolute Gasteiger partial charge is 0.412 e. The van der Waals surface area contributed by atoms with Gasteiger partial charge in [0.2, 0.25) is 5.91 Å². The van der Waals surface area contributed by atoms with E-state index in [-0.39, 0.29) is 5.91 Å². The zero-order valence-corrected chi connectivity index (χ0v) is 17.3. The first-order chi connectivity index (χ1) is 12.3. The van der Waals surface area contributed by atoms with Gasteiger partial charge in [-0.1, -0.05) is 28.0 Å². The Morgan fingerprint density at radius 3 is 2.35 bits per heavy atom. The van der Waals surface area contributed by atoms with Gasteiger partial charge >= 0.3 is 6.09 Å². The van der Waals surface area contributed by atoms with Crippen LogP contribution in [0.25, 0.3) is 0 Å². The number of rotatable bonds is 7. The Morgan fingerprint density at radius 2 is 1.77 bits per heavy atom. The lowest BCUT2D eigenvalue weighted by Crippen LogP contribution is -2.27. The maximum absolute atomic E-state index is 12.0. The SMILES string of the molecule is CC(C)(C)OC(=O)Nc1ccc(NC(=O)CCCC[C@@H]2CCSS2)cc1. The first kappa shape index (κ1) is 21.0. The van der Waals surface area contributed by atoms with Crippen molar-refractivity contribution >= 4 is 45.0 Å².